The van der Waals surface area contributed by atoms with Crippen LogP contribution in [0.1, 0.15) is 40.5 Å². The lowest BCUT2D eigenvalue weighted by Gasteiger charge is -2.51. The number of carbonyl (C=O) groups is 3. The zero-order valence-corrected chi connectivity index (χ0v) is 15.1. The van der Waals surface area contributed by atoms with E-state index in [-0.39, 0.29) is 5.78 Å². The van der Waals surface area contributed by atoms with Gasteiger partial charge in [0.2, 0.25) is 5.60 Å². The van der Waals surface area contributed by atoms with Crippen molar-refractivity contribution in [2.24, 2.45) is 10.8 Å². The van der Waals surface area contributed by atoms with Crippen LogP contribution in [-0.2, 0) is 23.9 Å². The topological polar surface area (TPSA) is 72.9 Å². The van der Waals surface area contributed by atoms with Crippen LogP contribution in [0.4, 0.5) is 0 Å². The number of hydrogen-bond acceptors (Lipinski definition) is 6. The predicted molar refractivity (Wildman–Crippen MR) is 86.1 cm³/mol. The van der Waals surface area contributed by atoms with E-state index in [0.29, 0.717) is 12.8 Å². The van der Waals surface area contributed by atoms with Gasteiger partial charge in [0.05, 0.1) is 6.04 Å². The van der Waals surface area contributed by atoms with Gasteiger partial charge in [0.1, 0.15) is 0 Å². The smallest absolute Gasteiger partial charge is 0.332 e. The van der Waals surface area contributed by atoms with Crippen molar-refractivity contribution in [2.75, 3.05) is 14.1 Å². The summed E-state index contributed by atoms with van der Waals surface area (Å²) in [6.07, 6.45) is 3.21. The van der Waals surface area contributed by atoms with Crippen molar-refractivity contribution in [1.29, 1.82) is 0 Å². The highest BCUT2D eigenvalue weighted by Crippen LogP contribution is 2.72. The molecule has 0 radical (unpaired) electrons. The van der Waals surface area contributed by atoms with Crippen molar-refractivity contribution in [3.8, 4) is 0 Å². The van der Waals surface area contributed by atoms with E-state index >= 15 is 0 Å². The minimum Gasteiger partial charge on any atom is -0.450 e. The first kappa shape index (κ1) is 17.1. The van der Waals surface area contributed by atoms with Crippen LogP contribution in [0.3, 0.4) is 0 Å². The molecule has 6 heteroatoms. The number of hydrogen-bond donors (Lipinski definition) is 0. The van der Waals surface area contributed by atoms with Gasteiger partial charge >= 0.3 is 11.9 Å². The van der Waals surface area contributed by atoms with E-state index in [1.807, 2.05) is 46.7 Å². The molecule has 0 aromatic heterocycles. The Balaban J connectivity index is 2.34. The maximum absolute atomic E-state index is 13.6. The van der Waals surface area contributed by atoms with Crippen molar-refractivity contribution in [1.82, 2.24) is 4.90 Å². The second kappa shape index (κ2) is 4.69. The van der Waals surface area contributed by atoms with E-state index in [4.69, 9.17) is 9.47 Å². The summed E-state index contributed by atoms with van der Waals surface area (Å²) in [4.78, 5) is 40.0. The van der Waals surface area contributed by atoms with Gasteiger partial charge < -0.3 is 14.4 Å². The molecular weight excluding hydrogens is 310 g/mol. The molecule has 0 saturated heterocycles. The maximum atomic E-state index is 13.6. The number of carbonyl (C=O) groups excluding carboxylic acids is 3. The molecule has 1 unspecified atom stereocenters. The largest absolute Gasteiger partial charge is 0.450 e. The molecule has 0 amide bonds. The Labute approximate surface area is 142 Å². The van der Waals surface area contributed by atoms with Crippen LogP contribution < -0.4 is 0 Å². The van der Waals surface area contributed by atoms with Crippen LogP contribution in [0.15, 0.2) is 12.2 Å². The zero-order valence-electron chi connectivity index (χ0n) is 15.1. The minimum absolute atomic E-state index is 0.149. The molecule has 2 aliphatic carbocycles. The standard InChI is InChI=1S/C18H25NO5/c1-11(19(5)6)18-14(22)16(4)9-10-17(18,15(16,2)3)23-12(20)7-8-13(21)24-18/h7-8,11H,9-10H2,1-6H3/b8-7+/t11?,16-,17+,18+/m0/s1. The summed E-state index contributed by atoms with van der Waals surface area (Å²) >= 11 is 0. The third-order valence-corrected chi connectivity index (χ3v) is 7.06. The van der Waals surface area contributed by atoms with Crippen LogP contribution in [-0.4, -0.2) is 54.0 Å². The first-order valence-corrected chi connectivity index (χ1v) is 8.32. The molecular formula is C18H25NO5. The van der Waals surface area contributed by atoms with Gasteiger partial charge in [-0.1, -0.05) is 20.8 Å². The molecule has 0 aromatic carbocycles. The van der Waals surface area contributed by atoms with Gasteiger partial charge in [-0.3, -0.25) is 4.79 Å². The fourth-order valence-electron chi connectivity index (χ4n) is 5.03. The number of fused-ring (bicyclic) bond motifs is 1. The van der Waals surface area contributed by atoms with E-state index in [9.17, 15) is 14.4 Å². The highest BCUT2D eigenvalue weighted by molar-refractivity contribution is 6.04. The number of esters is 2. The molecule has 1 aliphatic heterocycles. The molecule has 0 N–H and O–H groups in total. The van der Waals surface area contributed by atoms with Gasteiger partial charge in [0.25, 0.3) is 0 Å². The summed E-state index contributed by atoms with van der Waals surface area (Å²) in [5.74, 6) is -1.43. The predicted octanol–water partition coefficient (Wildman–Crippen LogP) is 1.48. The average molecular weight is 335 g/mol. The molecule has 3 rings (SSSR count). The molecule has 4 atom stereocenters. The van der Waals surface area contributed by atoms with Gasteiger partial charge in [-0.05, 0) is 33.9 Å². The Bertz CT molecular complexity index is 666. The van der Waals surface area contributed by atoms with Gasteiger partial charge in [-0.2, -0.15) is 0 Å². The molecule has 3 aliphatic rings. The average Bonchev–Trinajstić information content (AvgIpc) is 2.74. The molecule has 132 valence electrons. The third kappa shape index (κ3) is 1.58. The van der Waals surface area contributed by atoms with E-state index in [1.54, 1.807) is 0 Å². The summed E-state index contributed by atoms with van der Waals surface area (Å²) in [6.45, 7) is 7.61. The molecule has 6 nitrogen and oxygen atoms in total. The quantitative estimate of drug-likeness (QED) is 0.712. The van der Waals surface area contributed by atoms with Crippen molar-refractivity contribution in [3.05, 3.63) is 12.2 Å². The van der Waals surface area contributed by atoms with Crippen LogP contribution in [0.2, 0.25) is 0 Å². The van der Waals surface area contributed by atoms with Crippen LogP contribution in [0.25, 0.3) is 0 Å². The lowest BCUT2D eigenvalue weighted by Crippen LogP contribution is -2.70. The first-order chi connectivity index (χ1) is 11.0. The number of rotatable bonds is 2. The summed E-state index contributed by atoms with van der Waals surface area (Å²) in [7, 11) is 3.65. The summed E-state index contributed by atoms with van der Waals surface area (Å²) < 4.78 is 11.7. The normalized spacial score (nSPS) is 42.9. The molecule has 1 spiro atoms. The van der Waals surface area contributed by atoms with Crippen molar-refractivity contribution in [3.63, 3.8) is 0 Å². The lowest BCUT2D eigenvalue weighted by atomic mass is 9.68. The van der Waals surface area contributed by atoms with Crippen LogP contribution in [0, 0.1) is 10.8 Å². The van der Waals surface area contributed by atoms with Crippen LogP contribution >= 0.6 is 0 Å². The Kier molecular flexibility index (Phi) is 3.35. The summed E-state index contributed by atoms with van der Waals surface area (Å²) in [6, 6.07) is -0.436. The van der Waals surface area contributed by atoms with Crippen LogP contribution in [0.5, 0.6) is 0 Å². The number of nitrogens with zero attached hydrogens (tertiary/aromatic N) is 1. The molecule has 2 fully saturated rings. The van der Waals surface area contributed by atoms with Crippen molar-refractivity contribution < 1.29 is 23.9 Å². The van der Waals surface area contributed by atoms with Gasteiger partial charge in [0, 0.05) is 23.0 Å². The molecule has 24 heavy (non-hydrogen) atoms. The molecule has 1 heterocycles. The van der Waals surface area contributed by atoms with Crippen molar-refractivity contribution >= 4 is 17.7 Å². The van der Waals surface area contributed by atoms with E-state index in [2.05, 4.69) is 0 Å². The Hall–Kier alpha value is -1.69. The highest BCUT2D eigenvalue weighted by Gasteiger charge is 2.86. The van der Waals surface area contributed by atoms with Gasteiger partial charge in [-0.25, -0.2) is 9.59 Å². The maximum Gasteiger partial charge on any atom is 0.332 e. The monoisotopic (exact) mass is 335 g/mol. The first-order valence-electron chi connectivity index (χ1n) is 8.32. The number of likely N-dealkylation sites (N-methyl/N-ethyl adjacent to an activating group) is 1. The molecule has 2 saturated carbocycles. The fraction of sp³-hybridized carbons (Fsp3) is 0.722. The van der Waals surface area contributed by atoms with Gasteiger partial charge in [0.15, 0.2) is 11.4 Å². The minimum atomic E-state index is -1.51. The highest BCUT2D eigenvalue weighted by atomic mass is 16.6. The Morgan fingerprint density at radius 3 is 2.08 bits per heavy atom. The lowest BCUT2D eigenvalue weighted by molar-refractivity contribution is -0.228. The molecule has 2 bridgehead atoms. The third-order valence-electron chi connectivity index (χ3n) is 7.06. The van der Waals surface area contributed by atoms with Gasteiger partial charge in [-0.15, -0.1) is 0 Å². The molecule has 0 aromatic rings. The van der Waals surface area contributed by atoms with E-state index in [1.165, 1.54) is 0 Å². The zero-order chi connectivity index (χ0) is 18.1. The SMILES string of the molecule is CC(N(C)C)[C@]12OC(=O)/C=C/C(=O)O[C@@]13CC[C@@](C)(C2=O)C3(C)C. The van der Waals surface area contributed by atoms with E-state index < -0.39 is 40.0 Å². The Morgan fingerprint density at radius 2 is 1.54 bits per heavy atom. The summed E-state index contributed by atoms with van der Waals surface area (Å²) in [5.41, 5.74) is -4.05. The number of ether oxygens (including phenoxy) is 2. The number of ketones is 1. The Morgan fingerprint density at radius 1 is 1.00 bits per heavy atom. The number of Topliss-reactive ketones (excluding diaryl/α,β-unsaturated/α-hetero) is 1. The fourth-order valence-corrected chi connectivity index (χ4v) is 5.03. The summed E-state index contributed by atoms with van der Waals surface area (Å²) in [5, 5.41) is 0. The van der Waals surface area contributed by atoms with E-state index in [0.717, 1.165) is 12.2 Å². The van der Waals surface area contributed by atoms with Crippen molar-refractivity contribution in [2.45, 2.75) is 57.8 Å². The second-order valence-corrected chi connectivity index (χ2v) is 8.16. The second-order valence-electron chi connectivity index (χ2n) is 8.16.